The molecule has 3 heteroatoms. The minimum absolute atomic E-state index is 0.163. The summed E-state index contributed by atoms with van der Waals surface area (Å²) < 4.78 is 14.2. The molecule has 1 aromatic rings. The van der Waals surface area contributed by atoms with Crippen molar-refractivity contribution in [2.75, 3.05) is 0 Å². The normalized spacial score (nSPS) is 19.0. The molecule has 0 spiro atoms. The molecule has 0 unspecified atom stereocenters. The fourth-order valence-corrected chi connectivity index (χ4v) is 2.75. The van der Waals surface area contributed by atoms with Crippen LogP contribution in [0.25, 0.3) is 0 Å². The van der Waals surface area contributed by atoms with Crippen molar-refractivity contribution in [2.24, 2.45) is 5.73 Å². The van der Waals surface area contributed by atoms with Gasteiger partial charge in [0.2, 0.25) is 0 Å². The molecule has 0 heterocycles. The molecule has 0 aliphatic heterocycles. The Hall–Kier alpha value is -0.410. The Balaban J connectivity index is 2.48. The van der Waals surface area contributed by atoms with Crippen LogP contribution < -0.4 is 5.73 Å². The Bertz CT molecular complexity index is 397. The fourth-order valence-electron chi connectivity index (χ4n) is 2.00. The second-order valence-electron chi connectivity index (χ2n) is 4.91. The Morgan fingerprint density at radius 2 is 2.00 bits per heavy atom. The van der Waals surface area contributed by atoms with E-state index >= 15 is 0 Å². The van der Waals surface area contributed by atoms with Crippen molar-refractivity contribution in [1.29, 1.82) is 0 Å². The zero-order valence-electron chi connectivity index (χ0n) is 8.98. The van der Waals surface area contributed by atoms with E-state index in [1.165, 1.54) is 6.07 Å². The summed E-state index contributed by atoms with van der Waals surface area (Å²) in [6, 6.07) is 4.79. The Labute approximate surface area is 98.0 Å². The van der Waals surface area contributed by atoms with Crippen LogP contribution in [-0.2, 0) is 5.41 Å². The van der Waals surface area contributed by atoms with E-state index in [0.717, 1.165) is 22.9 Å². The van der Waals surface area contributed by atoms with Crippen molar-refractivity contribution in [3.05, 3.63) is 34.1 Å². The molecule has 2 N–H and O–H groups in total. The minimum atomic E-state index is -0.203. The molecule has 0 amide bonds. The zero-order chi connectivity index (χ0) is 11.3. The molecule has 1 aromatic carbocycles. The monoisotopic (exact) mass is 271 g/mol. The largest absolute Gasteiger partial charge is 0.324 e. The average molecular weight is 272 g/mol. The average Bonchev–Trinajstić information content (AvgIpc) is 2.89. The van der Waals surface area contributed by atoms with E-state index in [0.29, 0.717) is 0 Å². The molecule has 0 aromatic heterocycles. The lowest BCUT2D eigenvalue weighted by atomic mass is 9.76. The first-order valence-electron chi connectivity index (χ1n) is 5.11. The standard InChI is InChI=1S/C12H15BrFN/c1-11(2,12(15)5-6-12)9-7-8(14)3-4-10(9)13/h3-4,7H,5-6,15H2,1-2H3. The zero-order valence-corrected chi connectivity index (χ0v) is 10.6. The van der Waals surface area contributed by atoms with E-state index in [4.69, 9.17) is 5.73 Å². The number of hydrogen-bond acceptors (Lipinski definition) is 1. The molecule has 1 nitrogen and oxygen atoms in total. The molecule has 1 aliphatic rings. The van der Waals surface area contributed by atoms with Gasteiger partial charge in [0.05, 0.1) is 0 Å². The van der Waals surface area contributed by atoms with Crippen LogP contribution in [0.2, 0.25) is 0 Å². The first-order chi connectivity index (χ1) is 6.87. The molecular weight excluding hydrogens is 257 g/mol. The van der Waals surface area contributed by atoms with Gasteiger partial charge >= 0.3 is 0 Å². The van der Waals surface area contributed by atoms with E-state index in [1.807, 2.05) is 0 Å². The third-order valence-electron chi connectivity index (χ3n) is 3.64. The summed E-state index contributed by atoms with van der Waals surface area (Å²) in [6.07, 6.45) is 2.03. The van der Waals surface area contributed by atoms with Crippen molar-refractivity contribution < 1.29 is 4.39 Å². The third-order valence-corrected chi connectivity index (χ3v) is 4.33. The Morgan fingerprint density at radius 3 is 2.53 bits per heavy atom. The van der Waals surface area contributed by atoms with E-state index in [9.17, 15) is 4.39 Å². The summed E-state index contributed by atoms with van der Waals surface area (Å²) in [5.41, 5.74) is 6.84. The van der Waals surface area contributed by atoms with Crippen LogP contribution in [0.5, 0.6) is 0 Å². The predicted octanol–water partition coefficient (Wildman–Crippen LogP) is 3.36. The second-order valence-corrected chi connectivity index (χ2v) is 5.76. The number of nitrogens with two attached hydrogens (primary N) is 1. The topological polar surface area (TPSA) is 26.0 Å². The lowest BCUT2D eigenvalue weighted by Crippen LogP contribution is -2.43. The first-order valence-corrected chi connectivity index (χ1v) is 5.90. The lowest BCUT2D eigenvalue weighted by Gasteiger charge is -2.33. The molecule has 82 valence electrons. The third kappa shape index (κ3) is 1.72. The quantitative estimate of drug-likeness (QED) is 0.877. The summed E-state index contributed by atoms with van der Waals surface area (Å²) in [4.78, 5) is 0. The van der Waals surface area contributed by atoms with Crippen molar-refractivity contribution in [2.45, 2.75) is 37.6 Å². The van der Waals surface area contributed by atoms with Crippen molar-refractivity contribution in [3.63, 3.8) is 0 Å². The molecule has 0 atom stereocenters. The summed E-state index contributed by atoms with van der Waals surface area (Å²) in [7, 11) is 0. The highest BCUT2D eigenvalue weighted by Crippen LogP contribution is 2.50. The lowest BCUT2D eigenvalue weighted by molar-refractivity contribution is 0.388. The molecular formula is C12H15BrFN. The van der Waals surface area contributed by atoms with Gasteiger partial charge in [-0.1, -0.05) is 29.8 Å². The van der Waals surface area contributed by atoms with Gasteiger partial charge in [-0.25, -0.2) is 4.39 Å². The van der Waals surface area contributed by atoms with Crippen molar-refractivity contribution in [3.8, 4) is 0 Å². The van der Waals surface area contributed by atoms with Crippen LogP contribution in [0, 0.1) is 5.82 Å². The van der Waals surface area contributed by atoms with Gasteiger partial charge in [-0.15, -0.1) is 0 Å². The van der Waals surface area contributed by atoms with Gasteiger partial charge in [0.25, 0.3) is 0 Å². The van der Waals surface area contributed by atoms with Gasteiger partial charge in [-0.2, -0.15) is 0 Å². The van der Waals surface area contributed by atoms with Crippen LogP contribution in [-0.4, -0.2) is 5.54 Å². The second kappa shape index (κ2) is 3.29. The van der Waals surface area contributed by atoms with E-state index in [2.05, 4.69) is 29.8 Å². The molecule has 1 fully saturated rings. The van der Waals surface area contributed by atoms with Crippen molar-refractivity contribution in [1.82, 2.24) is 0 Å². The molecule has 1 aliphatic carbocycles. The maximum atomic E-state index is 13.2. The minimum Gasteiger partial charge on any atom is -0.324 e. The number of halogens is 2. The van der Waals surface area contributed by atoms with Crippen LogP contribution in [0.15, 0.2) is 22.7 Å². The predicted molar refractivity (Wildman–Crippen MR) is 63.3 cm³/mol. The van der Waals surface area contributed by atoms with Gasteiger partial charge in [0, 0.05) is 15.4 Å². The van der Waals surface area contributed by atoms with Gasteiger partial charge < -0.3 is 5.73 Å². The number of hydrogen-bond donors (Lipinski definition) is 1. The first kappa shape index (κ1) is 11.1. The molecule has 0 bridgehead atoms. The molecule has 2 rings (SSSR count). The SMILES string of the molecule is CC(C)(c1cc(F)ccc1Br)C1(N)CC1. The van der Waals surface area contributed by atoms with Crippen LogP contribution in [0.3, 0.4) is 0 Å². The smallest absolute Gasteiger partial charge is 0.123 e. The fraction of sp³-hybridized carbons (Fsp3) is 0.500. The molecule has 1 saturated carbocycles. The Morgan fingerprint density at radius 1 is 1.40 bits per heavy atom. The molecule has 15 heavy (non-hydrogen) atoms. The van der Waals surface area contributed by atoms with Gasteiger partial charge in [-0.05, 0) is 36.6 Å². The van der Waals surface area contributed by atoms with E-state index in [-0.39, 0.29) is 16.8 Å². The van der Waals surface area contributed by atoms with E-state index < -0.39 is 0 Å². The summed E-state index contributed by atoms with van der Waals surface area (Å²) in [6.45, 7) is 4.17. The number of benzene rings is 1. The van der Waals surface area contributed by atoms with Crippen LogP contribution in [0.1, 0.15) is 32.3 Å². The van der Waals surface area contributed by atoms with Gasteiger partial charge in [0.15, 0.2) is 0 Å². The van der Waals surface area contributed by atoms with E-state index in [1.54, 1.807) is 12.1 Å². The maximum absolute atomic E-state index is 13.2. The maximum Gasteiger partial charge on any atom is 0.123 e. The highest BCUT2D eigenvalue weighted by Gasteiger charge is 2.52. The van der Waals surface area contributed by atoms with Crippen molar-refractivity contribution >= 4 is 15.9 Å². The van der Waals surface area contributed by atoms with Gasteiger partial charge in [0.1, 0.15) is 5.82 Å². The molecule has 0 radical (unpaired) electrons. The summed E-state index contributed by atoms with van der Waals surface area (Å²) in [5.74, 6) is -0.203. The highest BCUT2D eigenvalue weighted by atomic mass is 79.9. The summed E-state index contributed by atoms with van der Waals surface area (Å²) >= 11 is 3.46. The van der Waals surface area contributed by atoms with Gasteiger partial charge in [-0.3, -0.25) is 0 Å². The highest BCUT2D eigenvalue weighted by molar-refractivity contribution is 9.10. The molecule has 0 saturated heterocycles. The van der Waals surface area contributed by atoms with Crippen LogP contribution >= 0.6 is 15.9 Å². The summed E-state index contributed by atoms with van der Waals surface area (Å²) in [5, 5.41) is 0. The number of rotatable bonds is 2. The van der Waals surface area contributed by atoms with Crippen LogP contribution in [0.4, 0.5) is 4.39 Å². The Kier molecular flexibility index (Phi) is 2.43.